The van der Waals surface area contributed by atoms with Gasteiger partial charge in [-0.15, -0.1) is 0 Å². The normalized spacial score (nSPS) is 14.9. The fourth-order valence-electron chi connectivity index (χ4n) is 3.63. The Bertz CT molecular complexity index is 1180. The first-order valence-electron chi connectivity index (χ1n) is 9.76. The van der Waals surface area contributed by atoms with Gasteiger partial charge in [-0.2, -0.15) is 0 Å². The van der Waals surface area contributed by atoms with E-state index in [-0.39, 0.29) is 5.91 Å². The van der Waals surface area contributed by atoms with Crippen molar-refractivity contribution in [3.8, 4) is 11.5 Å². The second-order valence-electron chi connectivity index (χ2n) is 7.16. The van der Waals surface area contributed by atoms with Crippen LogP contribution in [0.25, 0.3) is 10.2 Å². The average Bonchev–Trinajstić information content (AvgIpc) is 3.41. The standard InChI is InChI=1S/C24H20N2O3S/c1-28-18-11-12-19-22(14-18)30-24(25-19)26(15-16-7-3-2-4-8-16)23(27)21-13-17-9-5-6-10-20(17)29-21/h2-12,14,21H,13,15H2,1H3. The van der Waals surface area contributed by atoms with Gasteiger partial charge in [-0.1, -0.05) is 59.9 Å². The number of thiazole rings is 1. The highest BCUT2D eigenvalue weighted by molar-refractivity contribution is 7.22. The topological polar surface area (TPSA) is 51.7 Å². The second-order valence-corrected chi connectivity index (χ2v) is 8.17. The van der Waals surface area contributed by atoms with Crippen LogP contribution in [0.1, 0.15) is 11.1 Å². The van der Waals surface area contributed by atoms with E-state index in [1.807, 2.05) is 72.8 Å². The van der Waals surface area contributed by atoms with E-state index < -0.39 is 6.10 Å². The highest BCUT2D eigenvalue weighted by Crippen LogP contribution is 2.35. The maximum atomic E-state index is 13.6. The maximum Gasteiger partial charge on any atom is 0.270 e. The predicted octanol–water partition coefficient (Wildman–Crippen LogP) is 4.84. The Morgan fingerprint density at radius 2 is 1.93 bits per heavy atom. The lowest BCUT2D eigenvalue weighted by Crippen LogP contribution is -2.41. The molecule has 1 unspecified atom stereocenters. The van der Waals surface area contributed by atoms with E-state index in [9.17, 15) is 4.79 Å². The summed E-state index contributed by atoms with van der Waals surface area (Å²) in [5, 5.41) is 0.659. The van der Waals surface area contributed by atoms with Gasteiger partial charge in [0.05, 0.1) is 23.9 Å². The third kappa shape index (κ3) is 3.50. The van der Waals surface area contributed by atoms with Crippen LogP contribution in [0.15, 0.2) is 72.8 Å². The molecule has 5 rings (SSSR count). The number of anilines is 1. The predicted molar refractivity (Wildman–Crippen MR) is 118 cm³/mol. The molecule has 4 aromatic rings. The summed E-state index contributed by atoms with van der Waals surface area (Å²) in [6, 6.07) is 23.5. The molecule has 0 spiro atoms. The van der Waals surface area contributed by atoms with E-state index in [0.717, 1.165) is 32.8 Å². The molecule has 2 heterocycles. The van der Waals surface area contributed by atoms with E-state index in [1.165, 1.54) is 11.3 Å². The molecule has 0 N–H and O–H groups in total. The summed E-state index contributed by atoms with van der Waals surface area (Å²) < 4.78 is 12.3. The van der Waals surface area contributed by atoms with Crippen LogP contribution in [0, 0.1) is 0 Å². The molecule has 0 fully saturated rings. The Balaban J connectivity index is 1.50. The Hall–Kier alpha value is -3.38. The molecule has 1 aromatic heterocycles. The van der Waals surface area contributed by atoms with Crippen molar-refractivity contribution in [3.63, 3.8) is 0 Å². The number of ether oxygens (including phenoxy) is 2. The highest BCUT2D eigenvalue weighted by atomic mass is 32.1. The van der Waals surface area contributed by atoms with Crippen molar-refractivity contribution in [2.24, 2.45) is 0 Å². The molecule has 0 bridgehead atoms. The van der Waals surface area contributed by atoms with E-state index in [2.05, 4.69) is 0 Å². The van der Waals surface area contributed by atoms with Gasteiger partial charge in [0.2, 0.25) is 0 Å². The van der Waals surface area contributed by atoms with Crippen molar-refractivity contribution < 1.29 is 14.3 Å². The number of methoxy groups -OCH3 is 1. The Morgan fingerprint density at radius 1 is 1.13 bits per heavy atom. The third-order valence-corrected chi connectivity index (χ3v) is 6.23. The summed E-state index contributed by atoms with van der Waals surface area (Å²) in [4.78, 5) is 20.0. The average molecular weight is 417 g/mol. The number of nitrogens with zero attached hydrogens (tertiary/aromatic N) is 2. The number of hydrogen-bond donors (Lipinski definition) is 0. The number of para-hydroxylation sites is 1. The number of fused-ring (bicyclic) bond motifs is 2. The fourth-order valence-corrected chi connectivity index (χ4v) is 4.63. The molecule has 1 aliphatic rings. The first-order chi connectivity index (χ1) is 14.7. The smallest absolute Gasteiger partial charge is 0.270 e. The molecular formula is C24H20N2O3S. The van der Waals surface area contributed by atoms with Gasteiger partial charge >= 0.3 is 0 Å². The molecule has 0 aliphatic carbocycles. The van der Waals surface area contributed by atoms with E-state index in [4.69, 9.17) is 14.5 Å². The van der Waals surface area contributed by atoms with Gasteiger partial charge in [-0.3, -0.25) is 9.69 Å². The Kier molecular flexibility index (Phi) is 4.85. The zero-order valence-corrected chi connectivity index (χ0v) is 17.3. The number of carbonyl (C=O) groups excluding carboxylic acids is 1. The first-order valence-corrected chi connectivity index (χ1v) is 10.6. The van der Waals surface area contributed by atoms with Crippen molar-refractivity contribution >= 4 is 32.6 Å². The van der Waals surface area contributed by atoms with Crippen LogP contribution in [0.2, 0.25) is 0 Å². The third-order valence-electron chi connectivity index (χ3n) is 5.19. The van der Waals surface area contributed by atoms with Gasteiger partial charge in [0.15, 0.2) is 11.2 Å². The number of benzene rings is 3. The molecule has 3 aromatic carbocycles. The molecule has 1 atom stereocenters. The van der Waals surface area contributed by atoms with Crippen molar-refractivity contribution in [2.75, 3.05) is 12.0 Å². The van der Waals surface area contributed by atoms with Crippen LogP contribution >= 0.6 is 11.3 Å². The minimum absolute atomic E-state index is 0.0823. The van der Waals surface area contributed by atoms with Gasteiger partial charge < -0.3 is 9.47 Å². The lowest BCUT2D eigenvalue weighted by Gasteiger charge is -2.23. The van der Waals surface area contributed by atoms with Crippen molar-refractivity contribution in [3.05, 3.63) is 83.9 Å². The summed E-state index contributed by atoms with van der Waals surface area (Å²) in [6.07, 6.45) is 0.0200. The lowest BCUT2D eigenvalue weighted by molar-refractivity contribution is -0.124. The SMILES string of the molecule is COc1ccc2nc(N(Cc3ccccc3)C(=O)C3Cc4ccccc4O3)sc2c1. The molecule has 150 valence electrons. The fraction of sp³-hybridized carbons (Fsp3) is 0.167. The molecule has 1 amide bonds. The zero-order valence-electron chi connectivity index (χ0n) is 16.4. The quantitative estimate of drug-likeness (QED) is 0.467. The number of aromatic nitrogens is 1. The van der Waals surface area contributed by atoms with Gasteiger partial charge in [0.1, 0.15) is 11.5 Å². The molecule has 30 heavy (non-hydrogen) atoms. The van der Waals surface area contributed by atoms with Crippen molar-refractivity contribution in [2.45, 2.75) is 19.1 Å². The number of carbonyl (C=O) groups is 1. The summed E-state index contributed by atoms with van der Waals surface area (Å²) >= 11 is 1.48. The van der Waals surface area contributed by atoms with Crippen molar-refractivity contribution in [1.82, 2.24) is 4.98 Å². The van der Waals surface area contributed by atoms with Crippen LogP contribution in [0.4, 0.5) is 5.13 Å². The summed E-state index contributed by atoms with van der Waals surface area (Å²) in [7, 11) is 1.64. The molecule has 0 radical (unpaired) electrons. The van der Waals surface area contributed by atoms with Gasteiger partial charge in [0.25, 0.3) is 5.91 Å². The summed E-state index contributed by atoms with van der Waals surface area (Å²) in [6.45, 7) is 0.437. The minimum Gasteiger partial charge on any atom is -0.497 e. The zero-order chi connectivity index (χ0) is 20.5. The van der Waals surface area contributed by atoms with Crippen LogP contribution in [0.3, 0.4) is 0 Å². The van der Waals surface area contributed by atoms with Gasteiger partial charge in [-0.25, -0.2) is 4.98 Å². The van der Waals surface area contributed by atoms with Crippen LogP contribution in [-0.2, 0) is 17.8 Å². The van der Waals surface area contributed by atoms with E-state index >= 15 is 0 Å². The first kappa shape index (κ1) is 18.6. The number of rotatable bonds is 5. The van der Waals surface area contributed by atoms with Gasteiger partial charge in [0, 0.05) is 6.42 Å². The Labute approximate surface area is 178 Å². The summed E-state index contributed by atoms with van der Waals surface area (Å²) in [5.74, 6) is 1.47. The second kappa shape index (κ2) is 7.80. The lowest BCUT2D eigenvalue weighted by atomic mass is 10.1. The molecule has 0 saturated heterocycles. The molecular weight excluding hydrogens is 396 g/mol. The minimum atomic E-state index is -0.548. The van der Waals surface area contributed by atoms with Crippen LogP contribution in [0.5, 0.6) is 11.5 Å². The van der Waals surface area contributed by atoms with E-state index in [0.29, 0.717) is 18.1 Å². The maximum absolute atomic E-state index is 13.6. The highest BCUT2D eigenvalue weighted by Gasteiger charge is 2.34. The Morgan fingerprint density at radius 3 is 2.73 bits per heavy atom. The molecule has 0 saturated carbocycles. The summed E-state index contributed by atoms with van der Waals surface area (Å²) in [5.41, 5.74) is 2.94. The number of hydrogen-bond acceptors (Lipinski definition) is 5. The molecule has 6 heteroatoms. The van der Waals surface area contributed by atoms with Gasteiger partial charge in [-0.05, 0) is 35.4 Å². The van der Waals surface area contributed by atoms with Crippen LogP contribution < -0.4 is 14.4 Å². The monoisotopic (exact) mass is 416 g/mol. The molecule has 1 aliphatic heterocycles. The van der Waals surface area contributed by atoms with Crippen LogP contribution in [-0.4, -0.2) is 24.1 Å². The molecule has 5 nitrogen and oxygen atoms in total. The largest absolute Gasteiger partial charge is 0.497 e. The van der Waals surface area contributed by atoms with Crippen molar-refractivity contribution in [1.29, 1.82) is 0 Å². The van der Waals surface area contributed by atoms with E-state index in [1.54, 1.807) is 12.0 Å². The number of amides is 1.